The predicted molar refractivity (Wildman–Crippen MR) is 56.8 cm³/mol. The summed E-state index contributed by atoms with van der Waals surface area (Å²) in [7, 11) is 0. The molecule has 15 heavy (non-hydrogen) atoms. The third kappa shape index (κ3) is 1.85. The zero-order chi connectivity index (χ0) is 10.7. The molecule has 1 aromatic carbocycles. The fourth-order valence-electron chi connectivity index (χ4n) is 1.40. The Bertz CT molecular complexity index is 452. The molecule has 0 radical (unpaired) electrons. The van der Waals surface area contributed by atoms with Crippen molar-refractivity contribution in [2.75, 3.05) is 6.67 Å². The van der Waals surface area contributed by atoms with E-state index >= 15 is 0 Å². The van der Waals surface area contributed by atoms with E-state index in [9.17, 15) is 10.1 Å². The van der Waals surface area contributed by atoms with E-state index in [1.165, 1.54) is 6.07 Å². The molecule has 0 bridgehead atoms. The van der Waals surface area contributed by atoms with E-state index in [0.717, 1.165) is 0 Å². The highest BCUT2D eigenvalue weighted by Gasteiger charge is 2.16. The quantitative estimate of drug-likeness (QED) is 0.584. The van der Waals surface area contributed by atoms with Crippen molar-refractivity contribution < 1.29 is 4.92 Å². The van der Waals surface area contributed by atoms with Crippen molar-refractivity contribution in [3.05, 3.63) is 52.2 Å². The van der Waals surface area contributed by atoms with E-state index in [2.05, 4.69) is 10.3 Å². The van der Waals surface area contributed by atoms with Gasteiger partial charge in [-0.15, -0.1) is 0 Å². The minimum absolute atomic E-state index is 0.0859. The monoisotopic (exact) mass is 203 g/mol. The zero-order valence-electron chi connectivity index (χ0n) is 7.88. The Morgan fingerprint density at radius 3 is 2.87 bits per heavy atom. The Labute approximate surface area is 86.3 Å². The van der Waals surface area contributed by atoms with Crippen LogP contribution in [0.15, 0.2) is 41.5 Å². The second-order valence-corrected chi connectivity index (χ2v) is 3.01. The van der Waals surface area contributed by atoms with E-state index in [4.69, 9.17) is 0 Å². The largest absolute Gasteiger partial charge is 0.372 e. The molecule has 0 atom stereocenters. The van der Waals surface area contributed by atoms with Crippen molar-refractivity contribution >= 4 is 11.4 Å². The van der Waals surface area contributed by atoms with E-state index < -0.39 is 4.92 Å². The Kier molecular flexibility index (Phi) is 2.45. The van der Waals surface area contributed by atoms with E-state index in [0.29, 0.717) is 17.9 Å². The van der Waals surface area contributed by atoms with Crippen molar-refractivity contribution in [1.82, 2.24) is 5.32 Å². The summed E-state index contributed by atoms with van der Waals surface area (Å²) in [5.41, 5.74) is 1.28. The lowest BCUT2D eigenvalue weighted by molar-refractivity contribution is -0.385. The number of allylic oxidation sites excluding steroid dienone is 1. The van der Waals surface area contributed by atoms with Crippen LogP contribution in [0.4, 0.5) is 5.69 Å². The van der Waals surface area contributed by atoms with E-state index in [1.54, 1.807) is 30.5 Å². The zero-order valence-corrected chi connectivity index (χ0v) is 7.88. The first-order valence-electron chi connectivity index (χ1n) is 4.47. The average molecular weight is 203 g/mol. The molecule has 1 heterocycles. The molecule has 76 valence electrons. The molecular weight excluding hydrogens is 194 g/mol. The van der Waals surface area contributed by atoms with Gasteiger partial charge in [0.2, 0.25) is 0 Å². The first-order chi connectivity index (χ1) is 7.29. The van der Waals surface area contributed by atoms with Crippen LogP contribution in [0.3, 0.4) is 0 Å². The maximum absolute atomic E-state index is 10.8. The molecule has 0 amide bonds. The number of benzene rings is 1. The summed E-state index contributed by atoms with van der Waals surface area (Å²) >= 11 is 0. The van der Waals surface area contributed by atoms with E-state index in [1.807, 2.05) is 0 Å². The molecule has 0 spiro atoms. The van der Waals surface area contributed by atoms with Crippen LogP contribution in [0.5, 0.6) is 0 Å². The molecule has 1 aliphatic rings. The number of nitrogens with zero attached hydrogens (tertiary/aromatic N) is 2. The van der Waals surface area contributed by atoms with Gasteiger partial charge in [0.15, 0.2) is 0 Å². The summed E-state index contributed by atoms with van der Waals surface area (Å²) < 4.78 is 0. The van der Waals surface area contributed by atoms with Crippen LogP contribution in [0.25, 0.3) is 0 Å². The molecule has 5 nitrogen and oxygen atoms in total. The highest BCUT2D eigenvalue weighted by molar-refractivity contribution is 6.11. The van der Waals surface area contributed by atoms with Gasteiger partial charge in [-0.05, 0) is 12.1 Å². The van der Waals surface area contributed by atoms with Gasteiger partial charge in [0.25, 0.3) is 5.69 Å². The minimum Gasteiger partial charge on any atom is -0.372 e. The minimum atomic E-state index is -0.395. The summed E-state index contributed by atoms with van der Waals surface area (Å²) in [6.07, 6.45) is 3.46. The number of nitrogens with one attached hydrogen (secondary N) is 1. The van der Waals surface area contributed by atoms with Gasteiger partial charge in [-0.1, -0.05) is 12.1 Å². The summed E-state index contributed by atoms with van der Waals surface area (Å²) in [6, 6.07) is 6.59. The molecular formula is C10H9N3O2. The first-order valence-corrected chi connectivity index (χ1v) is 4.47. The maximum Gasteiger partial charge on any atom is 0.278 e. The second kappa shape index (κ2) is 3.91. The lowest BCUT2D eigenvalue weighted by Gasteiger charge is -2.07. The standard InChI is InChI=1S/C10H9N3O2/c14-13(15)10-4-2-1-3-8(10)9-5-6-11-7-12-9/h1-6,11H,7H2. The summed E-state index contributed by atoms with van der Waals surface area (Å²) in [6.45, 7) is 0.456. The van der Waals surface area contributed by atoms with Crippen LogP contribution in [-0.2, 0) is 0 Å². The summed E-state index contributed by atoms with van der Waals surface area (Å²) in [5.74, 6) is 0. The lowest BCUT2D eigenvalue weighted by Crippen LogP contribution is -2.14. The molecule has 1 aliphatic heterocycles. The maximum atomic E-state index is 10.8. The molecule has 1 N–H and O–H groups in total. The third-order valence-electron chi connectivity index (χ3n) is 2.08. The number of para-hydroxylation sites is 1. The van der Waals surface area contributed by atoms with Crippen molar-refractivity contribution in [2.45, 2.75) is 0 Å². The van der Waals surface area contributed by atoms with Crippen molar-refractivity contribution in [3.63, 3.8) is 0 Å². The van der Waals surface area contributed by atoms with Gasteiger partial charge in [-0.3, -0.25) is 15.1 Å². The molecule has 0 fully saturated rings. The number of nitro groups is 1. The lowest BCUT2D eigenvalue weighted by atomic mass is 10.1. The normalized spacial score (nSPS) is 14.3. The van der Waals surface area contributed by atoms with Crippen LogP contribution in [0, 0.1) is 10.1 Å². The Hall–Kier alpha value is -2.17. The van der Waals surface area contributed by atoms with Crippen LogP contribution in [0.2, 0.25) is 0 Å². The van der Waals surface area contributed by atoms with Crippen molar-refractivity contribution in [2.24, 2.45) is 4.99 Å². The molecule has 0 saturated heterocycles. The predicted octanol–water partition coefficient (Wildman–Crippen LogP) is 1.46. The number of aliphatic imine (C=N–C) groups is 1. The van der Waals surface area contributed by atoms with Crippen LogP contribution >= 0.6 is 0 Å². The molecule has 5 heteroatoms. The highest BCUT2D eigenvalue weighted by Crippen LogP contribution is 2.19. The molecule has 0 aliphatic carbocycles. The molecule has 0 aromatic heterocycles. The smallest absolute Gasteiger partial charge is 0.278 e. The van der Waals surface area contributed by atoms with Crippen LogP contribution < -0.4 is 5.32 Å². The first kappa shape index (κ1) is 9.39. The van der Waals surface area contributed by atoms with Gasteiger partial charge in [-0.2, -0.15) is 0 Å². The van der Waals surface area contributed by atoms with Gasteiger partial charge in [0.05, 0.1) is 16.2 Å². The summed E-state index contributed by atoms with van der Waals surface area (Å²) in [4.78, 5) is 14.5. The molecule has 1 aromatic rings. The SMILES string of the molecule is O=[N+]([O-])c1ccccc1C1=NCNC=C1. The van der Waals surface area contributed by atoms with Crippen LogP contribution in [0.1, 0.15) is 5.56 Å². The Balaban J connectivity index is 2.47. The number of nitro benzene ring substituents is 1. The number of rotatable bonds is 2. The van der Waals surface area contributed by atoms with Gasteiger partial charge in [0, 0.05) is 12.3 Å². The van der Waals surface area contributed by atoms with Gasteiger partial charge >= 0.3 is 0 Å². The van der Waals surface area contributed by atoms with Crippen LogP contribution in [-0.4, -0.2) is 17.3 Å². The number of hydrogen-bond acceptors (Lipinski definition) is 4. The fraction of sp³-hybridized carbons (Fsp3) is 0.100. The van der Waals surface area contributed by atoms with E-state index in [-0.39, 0.29) is 5.69 Å². The molecule has 0 unspecified atom stereocenters. The Morgan fingerprint density at radius 1 is 1.40 bits per heavy atom. The highest BCUT2D eigenvalue weighted by atomic mass is 16.6. The van der Waals surface area contributed by atoms with Crippen molar-refractivity contribution in [1.29, 1.82) is 0 Å². The average Bonchev–Trinajstić information content (AvgIpc) is 2.30. The topological polar surface area (TPSA) is 67.5 Å². The van der Waals surface area contributed by atoms with Crippen molar-refractivity contribution in [3.8, 4) is 0 Å². The fourth-order valence-corrected chi connectivity index (χ4v) is 1.40. The van der Waals surface area contributed by atoms with Gasteiger partial charge < -0.3 is 5.32 Å². The molecule has 2 rings (SSSR count). The summed E-state index contributed by atoms with van der Waals surface area (Å²) in [5, 5.41) is 13.7. The molecule has 0 saturated carbocycles. The Morgan fingerprint density at radius 2 is 2.20 bits per heavy atom. The van der Waals surface area contributed by atoms with Gasteiger partial charge in [0.1, 0.15) is 6.67 Å². The number of hydrogen-bond donors (Lipinski definition) is 1. The third-order valence-corrected chi connectivity index (χ3v) is 2.08. The second-order valence-electron chi connectivity index (χ2n) is 3.01. The van der Waals surface area contributed by atoms with Gasteiger partial charge in [-0.25, -0.2) is 0 Å².